The van der Waals surface area contributed by atoms with Gasteiger partial charge in [0.2, 0.25) is 5.90 Å². The molecular formula is C23H35ClN2O4S2. The zero-order chi connectivity index (χ0) is 24.7. The molecule has 180 valence electrons. The maximum absolute atomic E-state index is 12.9. The van der Waals surface area contributed by atoms with Gasteiger partial charge in [-0.1, -0.05) is 38.4 Å². The molecule has 2 aromatic carbocycles. The van der Waals surface area contributed by atoms with Crippen LogP contribution < -0.4 is 9.46 Å². The molecule has 0 saturated carbocycles. The summed E-state index contributed by atoms with van der Waals surface area (Å²) in [6.07, 6.45) is 2.10. The Morgan fingerprint density at radius 2 is 1.81 bits per heavy atom. The Kier molecular flexibility index (Phi) is 14.9. The minimum Gasteiger partial charge on any atom is -0.495 e. The molecule has 0 aliphatic carbocycles. The number of benzene rings is 2. The lowest BCUT2D eigenvalue weighted by molar-refractivity contribution is 0.328. The zero-order valence-corrected chi connectivity index (χ0v) is 22.5. The minimum absolute atomic E-state index is 0.0609. The number of rotatable bonds is 7. The summed E-state index contributed by atoms with van der Waals surface area (Å²) in [5, 5.41) is 0.343. The largest absolute Gasteiger partial charge is 0.495 e. The number of nitrogens with one attached hydrogen (secondary N) is 1. The van der Waals surface area contributed by atoms with Gasteiger partial charge in [-0.05, 0) is 61.8 Å². The number of aryl methyl sites for hydroxylation is 1. The van der Waals surface area contributed by atoms with Crippen LogP contribution in [0.2, 0.25) is 5.02 Å². The van der Waals surface area contributed by atoms with Crippen LogP contribution in [0.4, 0.5) is 5.69 Å². The normalized spacial score (nSPS) is 10.8. The minimum atomic E-state index is -3.90. The quantitative estimate of drug-likeness (QED) is 0.357. The Morgan fingerprint density at radius 1 is 1.19 bits per heavy atom. The van der Waals surface area contributed by atoms with Crippen LogP contribution in [-0.2, 0) is 14.8 Å². The van der Waals surface area contributed by atoms with Crippen LogP contribution in [0.25, 0.3) is 0 Å². The highest BCUT2D eigenvalue weighted by atomic mass is 35.5. The molecule has 0 saturated heterocycles. The number of para-hydroxylation sites is 1. The van der Waals surface area contributed by atoms with E-state index >= 15 is 0 Å². The van der Waals surface area contributed by atoms with E-state index < -0.39 is 10.0 Å². The van der Waals surface area contributed by atoms with E-state index in [0.29, 0.717) is 28.8 Å². The van der Waals surface area contributed by atoms with Gasteiger partial charge in [0, 0.05) is 12.1 Å². The van der Waals surface area contributed by atoms with Gasteiger partial charge in [-0.15, -0.1) is 0 Å². The standard InChI is InChI=1S/C18H21ClN2O4S.C3H8S.C2H6/c1-5-25-18(20-3)15-7-6-8-16(24-4)17(15)21-26(22,23)14-10-12(2)9-13(19)11-14;1-3-4-2;1-2/h6-11,21H,5H2,1-4H3;3H2,1-2H3;1-2H3. The van der Waals surface area contributed by atoms with E-state index in [9.17, 15) is 8.42 Å². The molecule has 1 N–H and O–H groups in total. The van der Waals surface area contributed by atoms with Crippen molar-refractivity contribution in [3.05, 3.63) is 52.5 Å². The van der Waals surface area contributed by atoms with Crippen molar-refractivity contribution in [1.29, 1.82) is 0 Å². The number of hydrogen-bond donors (Lipinski definition) is 1. The molecule has 0 fully saturated rings. The van der Waals surface area contributed by atoms with Crippen molar-refractivity contribution in [2.45, 2.75) is 39.5 Å². The molecule has 0 aliphatic heterocycles. The fourth-order valence-corrected chi connectivity index (χ4v) is 4.01. The topological polar surface area (TPSA) is 77.0 Å². The van der Waals surface area contributed by atoms with Crippen molar-refractivity contribution in [2.24, 2.45) is 4.99 Å². The third-order valence-electron chi connectivity index (χ3n) is 3.81. The first-order valence-corrected chi connectivity index (χ1v) is 13.5. The average molecular weight is 503 g/mol. The summed E-state index contributed by atoms with van der Waals surface area (Å²) in [6, 6.07) is 9.72. The van der Waals surface area contributed by atoms with Gasteiger partial charge in [-0.2, -0.15) is 11.8 Å². The second-order valence-electron chi connectivity index (χ2n) is 5.99. The van der Waals surface area contributed by atoms with Crippen molar-refractivity contribution in [2.75, 3.05) is 37.5 Å². The fraction of sp³-hybridized carbons (Fsp3) is 0.435. The van der Waals surface area contributed by atoms with Crippen molar-refractivity contribution in [3.63, 3.8) is 0 Å². The van der Waals surface area contributed by atoms with Gasteiger partial charge in [-0.3, -0.25) is 9.71 Å². The SMILES string of the molecule is CC.CCOC(=NC)c1cccc(OC)c1NS(=O)(=O)c1cc(C)cc(Cl)c1.CCSC. The van der Waals surface area contributed by atoms with Gasteiger partial charge in [0.15, 0.2) is 0 Å². The lowest BCUT2D eigenvalue weighted by Gasteiger charge is -2.17. The Bertz CT molecular complexity index is 942. The van der Waals surface area contributed by atoms with E-state index in [-0.39, 0.29) is 10.6 Å². The van der Waals surface area contributed by atoms with E-state index in [4.69, 9.17) is 21.1 Å². The van der Waals surface area contributed by atoms with Crippen LogP contribution in [0.3, 0.4) is 0 Å². The molecule has 9 heteroatoms. The Labute approximate surface area is 202 Å². The molecule has 0 aliphatic rings. The second kappa shape index (κ2) is 15.8. The number of aliphatic imine (C=N–C) groups is 1. The van der Waals surface area contributed by atoms with Gasteiger partial charge >= 0.3 is 0 Å². The molecule has 0 radical (unpaired) electrons. The second-order valence-corrected chi connectivity index (χ2v) is 9.27. The Balaban J connectivity index is 0.00000144. The number of nitrogens with zero attached hydrogens (tertiary/aromatic N) is 1. The van der Waals surface area contributed by atoms with E-state index in [1.54, 1.807) is 44.3 Å². The van der Waals surface area contributed by atoms with Gasteiger partial charge in [0.25, 0.3) is 10.0 Å². The molecule has 0 bridgehead atoms. The molecule has 0 amide bonds. The van der Waals surface area contributed by atoms with E-state index in [1.165, 1.54) is 18.9 Å². The average Bonchev–Trinajstić information content (AvgIpc) is 2.78. The number of methoxy groups -OCH3 is 1. The Morgan fingerprint density at radius 3 is 2.28 bits per heavy atom. The third kappa shape index (κ3) is 9.30. The van der Waals surface area contributed by atoms with E-state index in [0.717, 1.165) is 5.56 Å². The number of sulfonamides is 1. The predicted octanol–water partition coefficient (Wildman–Crippen LogP) is 6.27. The summed E-state index contributed by atoms with van der Waals surface area (Å²) >= 11 is 7.86. The highest BCUT2D eigenvalue weighted by molar-refractivity contribution is 7.98. The first-order chi connectivity index (χ1) is 15.2. The maximum Gasteiger partial charge on any atom is 0.262 e. The molecule has 0 atom stereocenters. The number of thioether (sulfide) groups is 1. The summed E-state index contributed by atoms with van der Waals surface area (Å²) < 4.78 is 39.2. The summed E-state index contributed by atoms with van der Waals surface area (Å²) in [4.78, 5) is 4.16. The highest BCUT2D eigenvalue weighted by Crippen LogP contribution is 2.32. The Hall–Kier alpha value is -1.90. The predicted molar refractivity (Wildman–Crippen MR) is 139 cm³/mol. The number of hydrogen-bond acceptors (Lipinski definition) is 6. The summed E-state index contributed by atoms with van der Waals surface area (Å²) in [5.74, 6) is 1.90. The molecule has 2 aromatic rings. The van der Waals surface area contributed by atoms with Crippen LogP contribution in [0.5, 0.6) is 5.75 Å². The molecule has 0 heterocycles. The lowest BCUT2D eigenvalue weighted by atomic mass is 10.1. The van der Waals surface area contributed by atoms with Crippen molar-refractivity contribution < 1.29 is 17.9 Å². The zero-order valence-electron chi connectivity index (χ0n) is 20.2. The molecule has 0 aromatic heterocycles. The molecule has 6 nitrogen and oxygen atoms in total. The molecule has 0 unspecified atom stereocenters. The first-order valence-electron chi connectivity index (χ1n) is 10.3. The molecule has 0 spiro atoms. The maximum atomic E-state index is 12.9. The monoisotopic (exact) mass is 502 g/mol. The molecule has 32 heavy (non-hydrogen) atoms. The number of anilines is 1. The van der Waals surface area contributed by atoms with Crippen LogP contribution in [0, 0.1) is 6.92 Å². The molecular weight excluding hydrogens is 468 g/mol. The first kappa shape index (κ1) is 30.1. The fourth-order valence-electron chi connectivity index (χ4n) is 2.44. The van der Waals surface area contributed by atoms with Gasteiger partial charge in [0.05, 0.1) is 24.2 Å². The molecule has 2 rings (SSSR count). The third-order valence-corrected chi connectivity index (χ3v) is 5.94. The van der Waals surface area contributed by atoms with Gasteiger partial charge in [-0.25, -0.2) is 8.42 Å². The van der Waals surface area contributed by atoms with Crippen molar-refractivity contribution >= 4 is 45.0 Å². The van der Waals surface area contributed by atoms with E-state index in [2.05, 4.69) is 22.9 Å². The summed E-state index contributed by atoms with van der Waals surface area (Å²) in [7, 11) is -0.860. The summed E-state index contributed by atoms with van der Waals surface area (Å²) in [5.41, 5.74) is 1.47. The summed E-state index contributed by atoms with van der Waals surface area (Å²) in [6.45, 7) is 10.1. The van der Waals surface area contributed by atoms with Gasteiger partial charge < -0.3 is 9.47 Å². The van der Waals surface area contributed by atoms with Gasteiger partial charge in [0.1, 0.15) is 11.4 Å². The van der Waals surface area contributed by atoms with Crippen molar-refractivity contribution in [3.8, 4) is 5.75 Å². The van der Waals surface area contributed by atoms with Crippen molar-refractivity contribution in [1.82, 2.24) is 0 Å². The van der Waals surface area contributed by atoms with Crippen LogP contribution >= 0.6 is 23.4 Å². The van der Waals surface area contributed by atoms with Crippen LogP contribution in [-0.4, -0.2) is 47.1 Å². The van der Waals surface area contributed by atoms with E-state index in [1.807, 2.05) is 32.5 Å². The number of halogens is 1. The lowest BCUT2D eigenvalue weighted by Crippen LogP contribution is -2.18. The van der Waals surface area contributed by atoms with Crippen LogP contribution in [0.15, 0.2) is 46.3 Å². The highest BCUT2D eigenvalue weighted by Gasteiger charge is 2.22. The van der Waals surface area contributed by atoms with Crippen LogP contribution in [0.1, 0.15) is 38.8 Å². The smallest absolute Gasteiger partial charge is 0.262 e. The number of ether oxygens (including phenoxy) is 2.